The third-order valence-electron chi connectivity index (χ3n) is 6.49. The van der Waals surface area contributed by atoms with Crippen LogP contribution in [0.3, 0.4) is 0 Å². The minimum atomic E-state index is -4.42. The number of carbonyl (C=O) groups excluding carboxylic acids is 1. The third-order valence-corrected chi connectivity index (χ3v) is 6.49. The minimum Gasteiger partial charge on any atom is -0.368 e. The van der Waals surface area contributed by atoms with Crippen LogP contribution < -0.4 is 15.1 Å². The summed E-state index contributed by atoms with van der Waals surface area (Å²) in [6, 6.07) is 10.1. The Hall–Kier alpha value is -2.77. The maximum absolute atomic E-state index is 13.3. The number of carbonyl (C=O) groups is 1. The number of nitrogens with zero attached hydrogens (tertiary/aromatic N) is 2. The number of alkyl halides is 3. The van der Waals surface area contributed by atoms with Crippen LogP contribution in [0.25, 0.3) is 0 Å². The van der Waals surface area contributed by atoms with Crippen molar-refractivity contribution in [2.75, 3.05) is 29.4 Å². The Morgan fingerprint density at radius 2 is 1.77 bits per heavy atom. The van der Waals surface area contributed by atoms with Gasteiger partial charge in [0.1, 0.15) is 5.82 Å². The molecule has 0 bridgehead atoms. The fraction of sp³-hybridized carbons (Fsp3) is 0.435. The number of fused-ring (bicyclic) bond motifs is 3. The molecule has 164 valence electrons. The van der Waals surface area contributed by atoms with Crippen molar-refractivity contribution in [1.29, 1.82) is 0 Å². The molecule has 2 aromatic rings. The van der Waals surface area contributed by atoms with Gasteiger partial charge < -0.3 is 15.1 Å². The van der Waals surface area contributed by atoms with E-state index < -0.39 is 17.7 Å². The van der Waals surface area contributed by atoms with E-state index in [1.807, 2.05) is 0 Å². The van der Waals surface area contributed by atoms with Crippen molar-refractivity contribution in [3.63, 3.8) is 0 Å². The van der Waals surface area contributed by atoms with Crippen molar-refractivity contribution in [1.82, 2.24) is 5.32 Å². The van der Waals surface area contributed by atoms with Crippen LogP contribution in [0.1, 0.15) is 24.0 Å². The normalized spacial score (nSPS) is 23.2. The monoisotopic (exact) mass is 433 g/mol. The van der Waals surface area contributed by atoms with Gasteiger partial charge in [-0.15, -0.1) is 0 Å². The molecule has 3 aliphatic rings. The number of halogens is 4. The average Bonchev–Trinajstić information content (AvgIpc) is 3.56. The summed E-state index contributed by atoms with van der Waals surface area (Å²) in [7, 11) is 0. The van der Waals surface area contributed by atoms with E-state index in [0.29, 0.717) is 25.2 Å². The van der Waals surface area contributed by atoms with Gasteiger partial charge in [-0.05, 0) is 67.3 Å². The second-order valence-corrected chi connectivity index (χ2v) is 8.62. The van der Waals surface area contributed by atoms with Crippen molar-refractivity contribution in [3.05, 3.63) is 59.4 Å². The fourth-order valence-electron chi connectivity index (χ4n) is 4.72. The van der Waals surface area contributed by atoms with E-state index in [1.54, 1.807) is 12.1 Å². The molecule has 0 spiro atoms. The van der Waals surface area contributed by atoms with Crippen molar-refractivity contribution in [2.45, 2.75) is 37.5 Å². The second-order valence-electron chi connectivity index (χ2n) is 8.62. The number of benzene rings is 2. The lowest BCUT2D eigenvalue weighted by molar-refractivity contribution is -0.137. The maximum atomic E-state index is 13.3. The Kier molecular flexibility index (Phi) is 4.83. The molecule has 2 aliphatic heterocycles. The first-order chi connectivity index (χ1) is 14.8. The third kappa shape index (κ3) is 3.95. The Labute approximate surface area is 177 Å². The number of hydrogen-bond donors (Lipinski definition) is 1. The standard InChI is InChI=1S/C23H23F4N3O/c24-16-2-6-18(7-3-16)29-9-10-30-20-8-1-15(23(25,26)27)11-14(20)12-19(21(30)13-29)22(31)28-17-4-5-17/h1-3,6-8,11,17,19,21H,4-5,9-10,12-13H2,(H,28,31)/t19-,21+/m0/s1. The van der Waals surface area contributed by atoms with E-state index in [0.717, 1.165) is 30.3 Å². The Morgan fingerprint density at radius 3 is 2.45 bits per heavy atom. The van der Waals surface area contributed by atoms with Crippen molar-refractivity contribution >= 4 is 17.3 Å². The molecule has 1 N–H and O–H groups in total. The molecule has 1 saturated carbocycles. The van der Waals surface area contributed by atoms with Crippen LogP contribution in [-0.4, -0.2) is 37.6 Å². The highest BCUT2D eigenvalue weighted by Gasteiger charge is 2.43. The van der Waals surface area contributed by atoms with Gasteiger partial charge in [0.05, 0.1) is 17.5 Å². The van der Waals surface area contributed by atoms with Crippen LogP contribution in [0.5, 0.6) is 0 Å². The Balaban J connectivity index is 1.47. The van der Waals surface area contributed by atoms with Crippen LogP contribution >= 0.6 is 0 Å². The van der Waals surface area contributed by atoms with E-state index in [2.05, 4.69) is 15.1 Å². The fourth-order valence-corrected chi connectivity index (χ4v) is 4.72. The summed E-state index contributed by atoms with van der Waals surface area (Å²) in [6.07, 6.45) is -2.25. The summed E-state index contributed by atoms with van der Waals surface area (Å²) in [4.78, 5) is 17.3. The molecular formula is C23H23F4N3O. The van der Waals surface area contributed by atoms with E-state index >= 15 is 0 Å². The average molecular weight is 433 g/mol. The molecule has 2 fully saturated rings. The summed E-state index contributed by atoms with van der Waals surface area (Å²) < 4.78 is 53.1. The smallest absolute Gasteiger partial charge is 0.368 e. The van der Waals surface area contributed by atoms with Gasteiger partial charge in [-0.1, -0.05) is 0 Å². The number of nitrogens with one attached hydrogen (secondary N) is 1. The predicted molar refractivity (Wildman–Crippen MR) is 110 cm³/mol. The van der Waals surface area contributed by atoms with Gasteiger partial charge in [0.25, 0.3) is 0 Å². The maximum Gasteiger partial charge on any atom is 0.416 e. The largest absolute Gasteiger partial charge is 0.416 e. The molecule has 0 aromatic heterocycles. The molecule has 2 heterocycles. The van der Waals surface area contributed by atoms with E-state index in [-0.39, 0.29) is 30.2 Å². The lowest BCUT2D eigenvalue weighted by Crippen LogP contribution is -2.61. The van der Waals surface area contributed by atoms with Crippen LogP contribution in [-0.2, 0) is 17.4 Å². The quantitative estimate of drug-likeness (QED) is 0.744. The van der Waals surface area contributed by atoms with Gasteiger partial charge >= 0.3 is 6.18 Å². The predicted octanol–water partition coefficient (Wildman–Crippen LogP) is 3.99. The lowest BCUT2D eigenvalue weighted by atomic mass is 9.82. The first-order valence-corrected chi connectivity index (χ1v) is 10.6. The summed E-state index contributed by atoms with van der Waals surface area (Å²) in [5.74, 6) is -0.850. The number of piperazine rings is 1. The van der Waals surface area contributed by atoms with Crippen LogP contribution in [0.2, 0.25) is 0 Å². The van der Waals surface area contributed by atoms with Crippen LogP contribution in [0, 0.1) is 11.7 Å². The molecule has 31 heavy (non-hydrogen) atoms. The minimum absolute atomic E-state index is 0.0958. The Morgan fingerprint density at radius 1 is 1.03 bits per heavy atom. The zero-order chi connectivity index (χ0) is 21.8. The number of rotatable bonds is 3. The molecule has 8 heteroatoms. The van der Waals surface area contributed by atoms with E-state index in [1.165, 1.54) is 24.3 Å². The molecule has 2 atom stereocenters. The molecule has 1 amide bonds. The lowest BCUT2D eigenvalue weighted by Gasteiger charge is -2.49. The van der Waals surface area contributed by atoms with Crippen molar-refractivity contribution in [2.24, 2.45) is 5.92 Å². The molecule has 5 rings (SSSR count). The van der Waals surface area contributed by atoms with Gasteiger partial charge in [0.2, 0.25) is 5.91 Å². The summed E-state index contributed by atoms with van der Waals surface area (Å²) in [6.45, 7) is 1.77. The van der Waals surface area contributed by atoms with Crippen molar-refractivity contribution < 1.29 is 22.4 Å². The van der Waals surface area contributed by atoms with Gasteiger partial charge in [0.15, 0.2) is 0 Å². The molecule has 1 saturated heterocycles. The second kappa shape index (κ2) is 7.43. The Bertz CT molecular complexity index is 987. The van der Waals surface area contributed by atoms with Crippen molar-refractivity contribution in [3.8, 4) is 0 Å². The zero-order valence-corrected chi connectivity index (χ0v) is 16.8. The first-order valence-electron chi connectivity index (χ1n) is 10.6. The molecule has 0 unspecified atom stereocenters. The molecule has 0 radical (unpaired) electrons. The number of hydrogen-bond acceptors (Lipinski definition) is 3. The van der Waals surface area contributed by atoms with Gasteiger partial charge in [-0.2, -0.15) is 13.2 Å². The summed E-state index contributed by atoms with van der Waals surface area (Å²) in [5.41, 5.74) is 1.53. The molecule has 4 nitrogen and oxygen atoms in total. The van der Waals surface area contributed by atoms with Crippen LogP contribution in [0.15, 0.2) is 42.5 Å². The van der Waals surface area contributed by atoms with Gasteiger partial charge in [0, 0.05) is 37.1 Å². The molecule has 2 aromatic carbocycles. The highest BCUT2D eigenvalue weighted by Crippen LogP contribution is 2.40. The summed E-state index contributed by atoms with van der Waals surface area (Å²) in [5, 5.41) is 3.04. The van der Waals surface area contributed by atoms with E-state index in [9.17, 15) is 22.4 Å². The number of amides is 1. The van der Waals surface area contributed by atoms with E-state index in [4.69, 9.17) is 0 Å². The molecular weight excluding hydrogens is 410 g/mol. The van der Waals surface area contributed by atoms with Crippen LogP contribution in [0.4, 0.5) is 28.9 Å². The first kappa shape index (κ1) is 20.2. The zero-order valence-electron chi connectivity index (χ0n) is 16.8. The SMILES string of the molecule is O=C(NC1CC1)[C@H]1Cc2cc(C(F)(F)F)ccc2N2CCN(c3ccc(F)cc3)C[C@H]12. The summed E-state index contributed by atoms with van der Waals surface area (Å²) >= 11 is 0. The highest BCUT2D eigenvalue weighted by atomic mass is 19.4. The topological polar surface area (TPSA) is 35.6 Å². The van der Waals surface area contributed by atoms with Gasteiger partial charge in [-0.25, -0.2) is 4.39 Å². The molecule has 1 aliphatic carbocycles. The van der Waals surface area contributed by atoms with Gasteiger partial charge in [-0.3, -0.25) is 4.79 Å². The highest BCUT2D eigenvalue weighted by molar-refractivity contribution is 5.83. The number of anilines is 2.